The molecule has 0 N–H and O–H groups in total. The highest BCUT2D eigenvalue weighted by Crippen LogP contribution is 2.17. The number of carbonyl (C=O) groups excluding carboxylic acids is 2. The van der Waals surface area contributed by atoms with E-state index in [1.54, 1.807) is 9.80 Å². The second-order valence-electron chi connectivity index (χ2n) is 7.22. The molecule has 1 heterocycles. The monoisotopic (exact) mass is 396 g/mol. The molecule has 154 valence electrons. The summed E-state index contributed by atoms with van der Waals surface area (Å²) in [4.78, 5) is 28.6. The number of ether oxygens (including phenoxy) is 2. The van der Waals surface area contributed by atoms with Crippen molar-refractivity contribution in [1.29, 1.82) is 0 Å². The first-order chi connectivity index (χ1) is 14.0. The lowest BCUT2D eigenvalue weighted by molar-refractivity contribution is -0.135. The molecule has 1 saturated heterocycles. The lowest BCUT2D eigenvalue weighted by Crippen LogP contribution is -2.40. The Morgan fingerprint density at radius 3 is 1.55 bits per heavy atom. The van der Waals surface area contributed by atoms with Gasteiger partial charge in [0, 0.05) is 26.2 Å². The van der Waals surface area contributed by atoms with Crippen molar-refractivity contribution in [3.63, 3.8) is 0 Å². The van der Waals surface area contributed by atoms with Gasteiger partial charge >= 0.3 is 0 Å². The largest absolute Gasteiger partial charge is 0.484 e. The van der Waals surface area contributed by atoms with Crippen LogP contribution >= 0.6 is 0 Å². The van der Waals surface area contributed by atoms with Crippen LogP contribution in [0, 0.1) is 13.8 Å². The number of carbonyl (C=O) groups is 2. The Morgan fingerprint density at radius 2 is 1.14 bits per heavy atom. The first-order valence-electron chi connectivity index (χ1n) is 9.97. The Balaban J connectivity index is 1.46. The van der Waals surface area contributed by atoms with E-state index in [0.717, 1.165) is 29.0 Å². The van der Waals surface area contributed by atoms with Crippen LogP contribution in [0.5, 0.6) is 11.5 Å². The summed E-state index contributed by atoms with van der Waals surface area (Å²) >= 11 is 0. The van der Waals surface area contributed by atoms with Gasteiger partial charge in [0.2, 0.25) is 0 Å². The van der Waals surface area contributed by atoms with Gasteiger partial charge in [-0.1, -0.05) is 36.4 Å². The average Bonchev–Trinajstić information content (AvgIpc) is 2.98. The third kappa shape index (κ3) is 5.73. The SMILES string of the molecule is Cc1ccccc1OCC(=O)N1CCCN(C(=O)COc2ccccc2C)CC1. The van der Waals surface area contributed by atoms with Gasteiger partial charge in [0.1, 0.15) is 11.5 Å². The van der Waals surface area contributed by atoms with E-state index in [4.69, 9.17) is 9.47 Å². The van der Waals surface area contributed by atoms with Gasteiger partial charge in [0.25, 0.3) is 11.8 Å². The highest BCUT2D eigenvalue weighted by molar-refractivity contribution is 5.79. The molecule has 0 saturated carbocycles. The molecule has 1 aliphatic rings. The van der Waals surface area contributed by atoms with Crippen LogP contribution in [0.15, 0.2) is 48.5 Å². The van der Waals surface area contributed by atoms with Crippen LogP contribution in [0.25, 0.3) is 0 Å². The van der Waals surface area contributed by atoms with Crippen molar-refractivity contribution in [2.75, 3.05) is 39.4 Å². The van der Waals surface area contributed by atoms with E-state index < -0.39 is 0 Å². The van der Waals surface area contributed by atoms with Crippen LogP contribution in [0.1, 0.15) is 17.5 Å². The quantitative estimate of drug-likeness (QED) is 0.753. The van der Waals surface area contributed by atoms with Gasteiger partial charge in [-0.3, -0.25) is 9.59 Å². The summed E-state index contributed by atoms with van der Waals surface area (Å²) < 4.78 is 11.3. The minimum absolute atomic E-state index is 0.00912. The zero-order chi connectivity index (χ0) is 20.6. The lowest BCUT2D eigenvalue weighted by atomic mass is 10.2. The van der Waals surface area contributed by atoms with E-state index in [0.29, 0.717) is 26.2 Å². The Morgan fingerprint density at radius 1 is 0.724 bits per heavy atom. The van der Waals surface area contributed by atoms with Gasteiger partial charge in [0.05, 0.1) is 0 Å². The normalized spacial score (nSPS) is 14.3. The van der Waals surface area contributed by atoms with Gasteiger partial charge in [-0.25, -0.2) is 0 Å². The van der Waals surface area contributed by atoms with Gasteiger partial charge < -0.3 is 19.3 Å². The van der Waals surface area contributed by atoms with E-state index >= 15 is 0 Å². The zero-order valence-electron chi connectivity index (χ0n) is 17.1. The number of para-hydroxylation sites is 2. The van der Waals surface area contributed by atoms with Crippen LogP contribution in [-0.2, 0) is 9.59 Å². The Labute approximate surface area is 172 Å². The number of hydrogen-bond acceptors (Lipinski definition) is 4. The van der Waals surface area contributed by atoms with Gasteiger partial charge in [-0.05, 0) is 43.5 Å². The number of amides is 2. The highest BCUT2D eigenvalue weighted by Gasteiger charge is 2.22. The maximum atomic E-state index is 12.5. The van der Waals surface area contributed by atoms with E-state index in [1.165, 1.54) is 0 Å². The highest BCUT2D eigenvalue weighted by atomic mass is 16.5. The van der Waals surface area contributed by atoms with Crippen molar-refractivity contribution >= 4 is 11.8 Å². The van der Waals surface area contributed by atoms with Crippen molar-refractivity contribution in [2.24, 2.45) is 0 Å². The summed E-state index contributed by atoms with van der Waals surface area (Å²) in [6, 6.07) is 15.3. The zero-order valence-corrected chi connectivity index (χ0v) is 17.1. The first kappa shape index (κ1) is 20.7. The van der Waals surface area contributed by atoms with Crippen molar-refractivity contribution in [2.45, 2.75) is 20.3 Å². The van der Waals surface area contributed by atoms with Crippen LogP contribution < -0.4 is 9.47 Å². The minimum atomic E-state index is -0.0567. The predicted octanol–water partition coefficient (Wildman–Crippen LogP) is 2.82. The predicted molar refractivity (Wildman–Crippen MR) is 111 cm³/mol. The number of rotatable bonds is 6. The smallest absolute Gasteiger partial charge is 0.260 e. The van der Waals surface area contributed by atoms with Gasteiger partial charge in [-0.2, -0.15) is 0 Å². The molecule has 0 bridgehead atoms. The van der Waals surface area contributed by atoms with E-state index in [9.17, 15) is 9.59 Å². The fraction of sp³-hybridized carbons (Fsp3) is 0.391. The summed E-state index contributed by atoms with van der Waals surface area (Å²) in [7, 11) is 0. The molecule has 2 aromatic rings. The lowest BCUT2D eigenvalue weighted by Gasteiger charge is -2.22. The third-order valence-corrected chi connectivity index (χ3v) is 5.09. The fourth-order valence-electron chi connectivity index (χ4n) is 3.31. The summed E-state index contributed by atoms with van der Waals surface area (Å²) in [5, 5.41) is 0. The van der Waals surface area contributed by atoms with E-state index in [1.807, 2.05) is 62.4 Å². The molecule has 1 fully saturated rings. The van der Waals surface area contributed by atoms with Gasteiger partial charge in [-0.15, -0.1) is 0 Å². The second-order valence-corrected chi connectivity index (χ2v) is 7.22. The van der Waals surface area contributed by atoms with E-state index in [2.05, 4.69) is 0 Å². The molecule has 0 unspecified atom stereocenters. The summed E-state index contributed by atoms with van der Waals surface area (Å²) in [6.07, 6.45) is 0.742. The minimum Gasteiger partial charge on any atom is -0.484 e. The molecule has 0 spiro atoms. The summed E-state index contributed by atoms with van der Waals surface area (Å²) in [5.74, 6) is 1.33. The average molecular weight is 396 g/mol. The second kappa shape index (κ2) is 9.96. The molecule has 3 rings (SSSR count). The summed E-state index contributed by atoms with van der Waals surface area (Å²) in [6.45, 7) is 6.18. The Hall–Kier alpha value is -3.02. The number of nitrogens with zero attached hydrogens (tertiary/aromatic N) is 2. The molecule has 6 heteroatoms. The molecule has 0 atom stereocenters. The molecule has 0 radical (unpaired) electrons. The first-order valence-corrected chi connectivity index (χ1v) is 9.97. The molecule has 1 aliphatic heterocycles. The molecule has 29 heavy (non-hydrogen) atoms. The molecule has 0 aromatic heterocycles. The number of hydrogen-bond donors (Lipinski definition) is 0. The molecule has 2 amide bonds. The van der Waals surface area contributed by atoms with Crippen LogP contribution in [0.2, 0.25) is 0 Å². The molecule has 6 nitrogen and oxygen atoms in total. The third-order valence-electron chi connectivity index (χ3n) is 5.09. The maximum absolute atomic E-state index is 12.5. The van der Waals surface area contributed by atoms with Crippen molar-refractivity contribution in [1.82, 2.24) is 9.80 Å². The Bertz CT molecular complexity index is 783. The van der Waals surface area contributed by atoms with Crippen molar-refractivity contribution in [3.8, 4) is 11.5 Å². The maximum Gasteiger partial charge on any atom is 0.260 e. The van der Waals surface area contributed by atoms with Crippen LogP contribution in [-0.4, -0.2) is 61.0 Å². The molecule has 0 aliphatic carbocycles. The van der Waals surface area contributed by atoms with Gasteiger partial charge in [0.15, 0.2) is 13.2 Å². The molecular weight excluding hydrogens is 368 g/mol. The van der Waals surface area contributed by atoms with Crippen LogP contribution in [0.4, 0.5) is 0 Å². The van der Waals surface area contributed by atoms with E-state index in [-0.39, 0.29) is 25.0 Å². The molecule has 2 aromatic carbocycles. The van der Waals surface area contributed by atoms with Crippen molar-refractivity contribution in [3.05, 3.63) is 59.7 Å². The standard InChI is InChI=1S/C23H28N2O4/c1-18-8-3-5-10-20(18)28-16-22(26)24-12-7-13-25(15-14-24)23(27)17-29-21-11-6-4-9-19(21)2/h3-6,8-11H,7,12-17H2,1-2H3. The Kier molecular flexibility index (Phi) is 7.11. The topological polar surface area (TPSA) is 59.1 Å². The van der Waals surface area contributed by atoms with Crippen molar-refractivity contribution < 1.29 is 19.1 Å². The number of aryl methyl sites for hydroxylation is 2. The molecular formula is C23H28N2O4. The van der Waals surface area contributed by atoms with Crippen LogP contribution in [0.3, 0.4) is 0 Å². The fourth-order valence-corrected chi connectivity index (χ4v) is 3.31. The summed E-state index contributed by atoms with van der Waals surface area (Å²) in [5.41, 5.74) is 2.00. The number of benzene rings is 2.